The van der Waals surface area contributed by atoms with Gasteiger partial charge in [0, 0.05) is 31.9 Å². The van der Waals surface area contributed by atoms with Crippen LogP contribution in [0.3, 0.4) is 0 Å². The Kier molecular flexibility index (Phi) is 6.37. The van der Waals surface area contributed by atoms with Gasteiger partial charge in [-0.3, -0.25) is 4.68 Å². The van der Waals surface area contributed by atoms with E-state index in [1.54, 1.807) is 11.6 Å². The van der Waals surface area contributed by atoms with E-state index in [4.69, 9.17) is 0 Å². The first-order valence-electron chi connectivity index (χ1n) is 8.21. The van der Waals surface area contributed by atoms with Gasteiger partial charge in [0.1, 0.15) is 0 Å². The van der Waals surface area contributed by atoms with Crippen molar-refractivity contribution in [2.75, 3.05) is 6.54 Å². The number of hydrogen-bond donors (Lipinski definition) is 3. The molecule has 0 fully saturated rings. The van der Waals surface area contributed by atoms with Crippen LogP contribution in [0.25, 0.3) is 11.1 Å². The molecule has 6 heteroatoms. The van der Waals surface area contributed by atoms with Gasteiger partial charge in [-0.1, -0.05) is 25.1 Å². The molecule has 130 valence electrons. The Morgan fingerprint density at radius 3 is 2.75 bits per heavy atom. The van der Waals surface area contributed by atoms with Crippen molar-refractivity contribution >= 4 is 6.03 Å². The van der Waals surface area contributed by atoms with Gasteiger partial charge in [0.2, 0.25) is 0 Å². The van der Waals surface area contributed by atoms with Crippen molar-refractivity contribution in [3.8, 4) is 11.1 Å². The minimum absolute atomic E-state index is 0.195. The molecule has 2 aromatic rings. The number of hydrogen-bond acceptors (Lipinski definition) is 3. The SMILES string of the molecule is CC(O)CC(C)CNC(=O)NCc1cccc(-c2cnn(C)c2)c1. The maximum Gasteiger partial charge on any atom is 0.315 e. The molecule has 0 radical (unpaired) electrons. The smallest absolute Gasteiger partial charge is 0.315 e. The summed E-state index contributed by atoms with van der Waals surface area (Å²) in [5, 5.41) is 19.2. The summed E-state index contributed by atoms with van der Waals surface area (Å²) in [4.78, 5) is 11.9. The maximum atomic E-state index is 11.9. The van der Waals surface area contributed by atoms with Gasteiger partial charge in [-0.15, -0.1) is 0 Å². The van der Waals surface area contributed by atoms with Crippen LogP contribution in [0.5, 0.6) is 0 Å². The lowest BCUT2D eigenvalue weighted by Crippen LogP contribution is -2.37. The van der Waals surface area contributed by atoms with E-state index in [1.807, 2.05) is 50.6 Å². The number of rotatable bonds is 7. The third-order valence-electron chi connectivity index (χ3n) is 3.77. The highest BCUT2D eigenvalue weighted by Gasteiger charge is 2.08. The van der Waals surface area contributed by atoms with Crippen LogP contribution in [0.1, 0.15) is 25.8 Å². The average Bonchev–Trinajstić information content (AvgIpc) is 2.97. The van der Waals surface area contributed by atoms with Crippen LogP contribution in [0, 0.1) is 5.92 Å². The van der Waals surface area contributed by atoms with Crippen LogP contribution in [-0.4, -0.2) is 33.6 Å². The van der Waals surface area contributed by atoms with Crippen molar-refractivity contribution in [1.29, 1.82) is 0 Å². The molecule has 0 bridgehead atoms. The van der Waals surface area contributed by atoms with Crippen molar-refractivity contribution in [2.45, 2.75) is 32.9 Å². The Hall–Kier alpha value is -2.34. The second-order valence-electron chi connectivity index (χ2n) is 6.36. The number of carbonyl (C=O) groups is 1. The van der Waals surface area contributed by atoms with Crippen LogP contribution >= 0.6 is 0 Å². The summed E-state index contributed by atoms with van der Waals surface area (Å²) in [7, 11) is 1.89. The quantitative estimate of drug-likeness (QED) is 0.729. The molecule has 2 unspecified atom stereocenters. The minimum Gasteiger partial charge on any atom is -0.393 e. The second kappa shape index (κ2) is 8.49. The van der Waals surface area contributed by atoms with E-state index in [1.165, 1.54) is 0 Å². The zero-order valence-electron chi connectivity index (χ0n) is 14.5. The summed E-state index contributed by atoms with van der Waals surface area (Å²) < 4.78 is 1.77. The lowest BCUT2D eigenvalue weighted by Gasteiger charge is -2.14. The summed E-state index contributed by atoms with van der Waals surface area (Å²) in [6, 6.07) is 7.84. The number of carbonyl (C=O) groups excluding carboxylic acids is 1. The van der Waals surface area contributed by atoms with Crippen LogP contribution in [0.2, 0.25) is 0 Å². The first-order chi connectivity index (χ1) is 11.4. The van der Waals surface area contributed by atoms with Gasteiger partial charge in [0.05, 0.1) is 12.3 Å². The molecule has 0 aliphatic heterocycles. The van der Waals surface area contributed by atoms with Crippen LogP contribution in [0.15, 0.2) is 36.7 Å². The van der Waals surface area contributed by atoms with Gasteiger partial charge in [0.25, 0.3) is 0 Å². The highest BCUT2D eigenvalue weighted by atomic mass is 16.3. The predicted octanol–water partition coefficient (Wildman–Crippen LogP) is 2.29. The summed E-state index contributed by atoms with van der Waals surface area (Å²) in [5.41, 5.74) is 3.16. The lowest BCUT2D eigenvalue weighted by atomic mass is 10.1. The van der Waals surface area contributed by atoms with E-state index in [-0.39, 0.29) is 18.1 Å². The summed E-state index contributed by atoms with van der Waals surface area (Å²) in [5.74, 6) is 0.240. The maximum absolute atomic E-state index is 11.9. The van der Waals surface area contributed by atoms with Crippen LogP contribution in [0.4, 0.5) is 4.79 Å². The highest BCUT2D eigenvalue weighted by Crippen LogP contribution is 2.19. The summed E-state index contributed by atoms with van der Waals surface area (Å²) >= 11 is 0. The van der Waals surface area contributed by atoms with Gasteiger partial charge in [-0.25, -0.2) is 4.79 Å². The molecule has 3 N–H and O–H groups in total. The van der Waals surface area contributed by atoms with E-state index >= 15 is 0 Å². The molecule has 24 heavy (non-hydrogen) atoms. The van der Waals surface area contributed by atoms with E-state index in [0.717, 1.165) is 16.7 Å². The Morgan fingerprint density at radius 2 is 2.08 bits per heavy atom. The Balaban J connectivity index is 1.83. The number of urea groups is 1. The molecule has 2 amide bonds. The molecule has 2 rings (SSSR count). The number of nitrogens with one attached hydrogen (secondary N) is 2. The number of aryl methyl sites for hydroxylation is 1. The van der Waals surface area contributed by atoms with Gasteiger partial charge in [-0.05, 0) is 36.5 Å². The topological polar surface area (TPSA) is 79.2 Å². The molecular weight excluding hydrogens is 304 g/mol. The number of aromatic nitrogens is 2. The van der Waals surface area contributed by atoms with E-state index < -0.39 is 0 Å². The van der Waals surface area contributed by atoms with Crippen molar-refractivity contribution in [3.63, 3.8) is 0 Å². The Morgan fingerprint density at radius 1 is 1.29 bits per heavy atom. The molecule has 1 heterocycles. The molecule has 0 aliphatic rings. The van der Waals surface area contributed by atoms with E-state index in [0.29, 0.717) is 19.5 Å². The fraction of sp³-hybridized carbons (Fsp3) is 0.444. The van der Waals surface area contributed by atoms with Gasteiger partial charge >= 0.3 is 6.03 Å². The standard InChI is InChI=1S/C18H26N4O2/c1-13(7-14(2)23)9-19-18(24)20-10-15-5-4-6-16(8-15)17-11-21-22(3)12-17/h4-6,8,11-14,23H,7,9-10H2,1-3H3,(H2,19,20,24). The van der Waals surface area contributed by atoms with Crippen LogP contribution < -0.4 is 10.6 Å². The average molecular weight is 330 g/mol. The van der Waals surface area contributed by atoms with Gasteiger partial charge in [0.15, 0.2) is 0 Å². The largest absolute Gasteiger partial charge is 0.393 e. The Bertz CT molecular complexity index is 667. The minimum atomic E-state index is -0.347. The molecule has 0 saturated heterocycles. The number of aliphatic hydroxyl groups is 1. The fourth-order valence-electron chi connectivity index (χ4n) is 2.61. The summed E-state index contributed by atoms with van der Waals surface area (Å²) in [6.45, 7) is 4.77. The Labute approximate surface area is 142 Å². The monoisotopic (exact) mass is 330 g/mol. The second-order valence-corrected chi connectivity index (χ2v) is 6.36. The van der Waals surface area contributed by atoms with Gasteiger partial charge < -0.3 is 15.7 Å². The van der Waals surface area contributed by atoms with Crippen molar-refractivity contribution < 1.29 is 9.90 Å². The normalized spacial score (nSPS) is 13.3. The zero-order chi connectivity index (χ0) is 17.5. The lowest BCUT2D eigenvalue weighted by molar-refractivity contribution is 0.163. The zero-order valence-corrected chi connectivity index (χ0v) is 14.5. The molecular formula is C18H26N4O2. The molecule has 1 aromatic carbocycles. The molecule has 6 nitrogen and oxygen atoms in total. The number of aliphatic hydroxyl groups excluding tert-OH is 1. The van der Waals surface area contributed by atoms with Gasteiger partial charge in [-0.2, -0.15) is 5.10 Å². The third-order valence-corrected chi connectivity index (χ3v) is 3.77. The van der Waals surface area contributed by atoms with E-state index in [2.05, 4.69) is 15.7 Å². The van der Waals surface area contributed by atoms with Crippen molar-refractivity contribution in [1.82, 2.24) is 20.4 Å². The number of benzene rings is 1. The van der Waals surface area contributed by atoms with Crippen LogP contribution in [-0.2, 0) is 13.6 Å². The fourth-order valence-corrected chi connectivity index (χ4v) is 2.61. The number of amides is 2. The predicted molar refractivity (Wildman–Crippen MR) is 94.3 cm³/mol. The van der Waals surface area contributed by atoms with Crippen molar-refractivity contribution in [2.24, 2.45) is 13.0 Å². The first kappa shape index (κ1) is 18.0. The number of nitrogens with zero attached hydrogens (tertiary/aromatic N) is 2. The molecule has 0 aliphatic carbocycles. The molecule has 0 saturated carbocycles. The molecule has 1 aromatic heterocycles. The highest BCUT2D eigenvalue weighted by molar-refractivity contribution is 5.74. The summed E-state index contributed by atoms with van der Waals surface area (Å²) in [6.07, 6.45) is 4.11. The molecule has 2 atom stereocenters. The third kappa shape index (κ3) is 5.70. The molecule has 0 spiro atoms. The van der Waals surface area contributed by atoms with Crippen molar-refractivity contribution in [3.05, 3.63) is 42.2 Å². The first-order valence-corrected chi connectivity index (χ1v) is 8.21. The van der Waals surface area contributed by atoms with E-state index in [9.17, 15) is 9.90 Å².